The number of benzene rings is 8. The van der Waals surface area contributed by atoms with Crippen molar-refractivity contribution in [2.24, 2.45) is 0 Å². The Morgan fingerprint density at radius 3 is 1.63 bits per heavy atom. The summed E-state index contributed by atoms with van der Waals surface area (Å²) in [6.45, 7) is 0. The molecule has 214 valence electrons. The molecule has 0 aliphatic carbocycles. The third kappa shape index (κ3) is 3.84. The molecule has 0 fully saturated rings. The van der Waals surface area contributed by atoms with Crippen LogP contribution in [0.5, 0.6) is 0 Å². The molecule has 0 bridgehead atoms. The summed E-state index contributed by atoms with van der Waals surface area (Å²) < 4.78 is 4.11. The Morgan fingerprint density at radius 2 is 0.913 bits per heavy atom. The van der Waals surface area contributed by atoms with E-state index < -0.39 is 0 Å². The zero-order valence-electron chi connectivity index (χ0n) is 24.8. The van der Waals surface area contributed by atoms with Crippen LogP contribution in [0.3, 0.4) is 0 Å². The zero-order valence-corrected chi connectivity index (χ0v) is 26.5. The molecular weight excluding hydrogens is 593 g/mol. The molecule has 0 nitrogen and oxygen atoms in total. The lowest BCUT2D eigenvalue weighted by Crippen LogP contribution is -1.90. The van der Waals surface area contributed by atoms with E-state index in [9.17, 15) is 0 Å². The van der Waals surface area contributed by atoms with Gasteiger partial charge in [0.25, 0.3) is 0 Å². The monoisotopic (exact) mass is 618 g/mol. The lowest BCUT2D eigenvalue weighted by Gasteiger charge is -2.18. The smallest absolute Gasteiger partial charge is 0.0533 e. The van der Waals surface area contributed by atoms with Crippen LogP contribution >= 0.6 is 22.7 Å². The molecule has 46 heavy (non-hydrogen) atoms. The molecule has 8 aromatic carbocycles. The van der Waals surface area contributed by atoms with Crippen LogP contribution in [0.25, 0.3) is 96.0 Å². The molecule has 0 saturated heterocycles. The Balaban J connectivity index is 1.21. The van der Waals surface area contributed by atoms with Gasteiger partial charge in [-0.2, -0.15) is 0 Å². The van der Waals surface area contributed by atoms with Crippen LogP contribution in [0.4, 0.5) is 0 Å². The summed E-state index contributed by atoms with van der Waals surface area (Å²) in [7, 11) is 0. The highest BCUT2D eigenvalue weighted by atomic mass is 32.1. The van der Waals surface area contributed by atoms with Gasteiger partial charge in [0.1, 0.15) is 0 Å². The van der Waals surface area contributed by atoms with E-state index >= 15 is 0 Å². The number of thiophene rings is 2. The maximum absolute atomic E-state index is 2.43. The molecule has 0 radical (unpaired) electrons. The fourth-order valence-electron chi connectivity index (χ4n) is 7.42. The van der Waals surface area contributed by atoms with Crippen LogP contribution in [0.1, 0.15) is 0 Å². The molecule has 0 aliphatic heterocycles. The predicted molar refractivity (Wildman–Crippen MR) is 204 cm³/mol. The van der Waals surface area contributed by atoms with Crippen molar-refractivity contribution in [1.29, 1.82) is 0 Å². The highest BCUT2D eigenvalue weighted by molar-refractivity contribution is 7.30. The first-order valence-corrected chi connectivity index (χ1v) is 17.4. The highest BCUT2D eigenvalue weighted by Gasteiger charge is 2.18. The van der Waals surface area contributed by atoms with Gasteiger partial charge in [-0.25, -0.2) is 0 Å². The van der Waals surface area contributed by atoms with Gasteiger partial charge in [-0.3, -0.25) is 0 Å². The first kappa shape index (κ1) is 26.0. The van der Waals surface area contributed by atoms with Gasteiger partial charge < -0.3 is 0 Å². The average molecular weight is 619 g/mol. The van der Waals surface area contributed by atoms with Crippen molar-refractivity contribution in [3.8, 4) is 33.4 Å². The number of rotatable bonds is 3. The largest absolute Gasteiger partial charge is 0.142 e. The Kier molecular flexibility index (Phi) is 5.72. The minimum atomic E-state index is 1.26. The predicted octanol–water partition coefficient (Wildman–Crippen LogP) is 13.7. The summed E-state index contributed by atoms with van der Waals surface area (Å²) in [5.41, 5.74) is 7.74. The van der Waals surface area contributed by atoms with Crippen LogP contribution in [0.2, 0.25) is 0 Å². The lowest BCUT2D eigenvalue weighted by molar-refractivity contribution is 1.69. The number of hydrogen-bond donors (Lipinski definition) is 0. The van der Waals surface area contributed by atoms with E-state index in [0.717, 1.165) is 0 Å². The van der Waals surface area contributed by atoms with Crippen molar-refractivity contribution in [3.05, 3.63) is 157 Å². The minimum absolute atomic E-state index is 1.26. The van der Waals surface area contributed by atoms with Crippen LogP contribution in [-0.2, 0) is 0 Å². The normalized spacial score (nSPS) is 11.9. The van der Waals surface area contributed by atoms with Crippen LogP contribution < -0.4 is 0 Å². The van der Waals surface area contributed by atoms with Gasteiger partial charge in [0.05, 0.1) is 9.40 Å². The third-order valence-electron chi connectivity index (χ3n) is 9.52. The molecule has 2 heteroatoms. The standard InChI is InChI=1S/C44H26S2/c1-2-11-28(12-3-1)39-26-45-43-38(39)23-22-37-32-21-20-31(25-40(32)46-44(37)43)42-35-16-8-6-14-33(35)41(34-15-7-9-17-36(34)42)30-19-18-27-10-4-5-13-29(27)24-30/h1-26H. The molecule has 0 unspecified atom stereocenters. The average Bonchev–Trinajstić information content (AvgIpc) is 3.72. The maximum Gasteiger partial charge on any atom is 0.0533 e. The van der Waals surface area contributed by atoms with Crippen LogP contribution in [-0.4, -0.2) is 0 Å². The second kappa shape index (κ2) is 10.1. The molecule has 0 spiro atoms. The van der Waals surface area contributed by atoms with Crippen LogP contribution in [0, 0.1) is 0 Å². The van der Waals surface area contributed by atoms with E-state index in [1.54, 1.807) is 0 Å². The van der Waals surface area contributed by atoms with Gasteiger partial charge in [-0.05, 0) is 77.6 Å². The summed E-state index contributed by atoms with van der Waals surface area (Å²) in [6.07, 6.45) is 0. The summed E-state index contributed by atoms with van der Waals surface area (Å²) in [6, 6.07) is 56.0. The van der Waals surface area contributed by atoms with Crippen LogP contribution in [0.15, 0.2) is 157 Å². The summed E-state index contributed by atoms with van der Waals surface area (Å²) >= 11 is 3.80. The van der Waals surface area contributed by atoms with Crippen molar-refractivity contribution in [2.45, 2.75) is 0 Å². The topological polar surface area (TPSA) is 0 Å². The highest BCUT2D eigenvalue weighted by Crippen LogP contribution is 2.47. The Morgan fingerprint density at radius 1 is 0.348 bits per heavy atom. The third-order valence-corrected chi connectivity index (χ3v) is 11.9. The first-order valence-electron chi connectivity index (χ1n) is 15.7. The second-order valence-electron chi connectivity index (χ2n) is 12.1. The zero-order chi connectivity index (χ0) is 30.2. The van der Waals surface area contributed by atoms with Gasteiger partial charge >= 0.3 is 0 Å². The van der Waals surface area contributed by atoms with Crippen molar-refractivity contribution in [3.63, 3.8) is 0 Å². The molecule has 0 N–H and O–H groups in total. The Labute approximate surface area is 274 Å². The quantitative estimate of drug-likeness (QED) is 0.173. The van der Waals surface area contributed by atoms with Gasteiger partial charge in [0.2, 0.25) is 0 Å². The van der Waals surface area contributed by atoms with Crippen molar-refractivity contribution in [1.82, 2.24) is 0 Å². The van der Waals surface area contributed by atoms with Gasteiger partial charge in [-0.1, -0.05) is 140 Å². The van der Waals surface area contributed by atoms with E-state index in [4.69, 9.17) is 0 Å². The molecule has 10 aromatic rings. The number of hydrogen-bond acceptors (Lipinski definition) is 2. The van der Waals surface area contributed by atoms with E-state index in [0.29, 0.717) is 0 Å². The lowest BCUT2D eigenvalue weighted by atomic mass is 9.85. The van der Waals surface area contributed by atoms with Crippen molar-refractivity contribution in [2.75, 3.05) is 0 Å². The van der Waals surface area contributed by atoms with E-state index in [1.807, 2.05) is 22.7 Å². The van der Waals surface area contributed by atoms with E-state index in [-0.39, 0.29) is 0 Å². The molecule has 0 saturated carbocycles. The fraction of sp³-hybridized carbons (Fsp3) is 0. The maximum atomic E-state index is 2.43. The summed E-state index contributed by atoms with van der Waals surface area (Å²) in [5, 5.41) is 14.0. The van der Waals surface area contributed by atoms with Gasteiger partial charge in [0.15, 0.2) is 0 Å². The minimum Gasteiger partial charge on any atom is -0.142 e. The molecule has 0 aliphatic rings. The van der Waals surface area contributed by atoms with E-state index in [1.165, 1.54) is 96.0 Å². The van der Waals surface area contributed by atoms with Crippen molar-refractivity contribution >= 4 is 85.2 Å². The molecule has 10 rings (SSSR count). The Hall–Kier alpha value is -5.28. The molecular formula is C44H26S2. The SMILES string of the molecule is c1ccc(-c2csc3c2ccc2c4ccc(-c5c6ccccc6c(-c6ccc7ccccc7c6)c6ccccc56)cc4sc23)cc1. The summed E-state index contributed by atoms with van der Waals surface area (Å²) in [4.78, 5) is 0. The molecule has 2 heterocycles. The van der Waals surface area contributed by atoms with Crippen molar-refractivity contribution < 1.29 is 0 Å². The molecule has 0 amide bonds. The number of fused-ring (bicyclic) bond motifs is 8. The first-order chi connectivity index (χ1) is 22.8. The molecule has 0 atom stereocenters. The van der Waals surface area contributed by atoms with Gasteiger partial charge in [0, 0.05) is 26.4 Å². The van der Waals surface area contributed by atoms with Gasteiger partial charge in [-0.15, -0.1) is 22.7 Å². The second-order valence-corrected chi connectivity index (χ2v) is 14.0. The Bertz CT molecular complexity index is 2740. The molecule has 2 aromatic heterocycles. The van der Waals surface area contributed by atoms with E-state index in [2.05, 4.69) is 157 Å². The summed E-state index contributed by atoms with van der Waals surface area (Å²) in [5.74, 6) is 0. The fourth-order valence-corrected chi connectivity index (χ4v) is 9.89.